The van der Waals surface area contributed by atoms with Gasteiger partial charge in [0.1, 0.15) is 11.9 Å². The van der Waals surface area contributed by atoms with E-state index in [-0.39, 0.29) is 22.9 Å². The summed E-state index contributed by atoms with van der Waals surface area (Å²) >= 11 is 5.90. The Morgan fingerprint density at radius 2 is 2.07 bits per heavy atom. The summed E-state index contributed by atoms with van der Waals surface area (Å²) < 4.78 is 19.4. The van der Waals surface area contributed by atoms with Crippen molar-refractivity contribution in [2.45, 2.75) is 6.10 Å². The van der Waals surface area contributed by atoms with Crippen molar-refractivity contribution in [3.8, 4) is 0 Å². The molecule has 2 aliphatic heterocycles. The molecule has 0 saturated carbocycles. The van der Waals surface area contributed by atoms with Gasteiger partial charge in [-0.1, -0.05) is 18.2 Å². The van der Waals surface area contributed by atoms with E-state index in [1.165, 1.54) is 12.1 Å². The van der Waals surface area contributed by atoms with Crippen molar-refractivity contribution in [2.24, 2.45) is 4.99 Å². The molecule has 0 spiro atoms. The molecule has 8 heteroatoms. The number of rotatable bonds is 3. The number of halogens is 2. The molecule has 0 N–H and O–H groups in total. The molecular formula is C22H20ClFN4O2. The zero-order valence-corrected chi connectivity index (χ0v) is 17.1. The van der Waals surface area contributed by atoms with E-state index in [1.807, 2.05) is 35.1 Å². The molecule has 0 radical (unpaired) electrons. The molecule has 1 saturated heterocycles. The average molecular weight is 427 g/mol. The Hall–Kier alpha value is -3.03. The van der Waals surface area contributed by atoms with E-state index in [0.717, 1.165) is 23.0 Å². The summed E-state index contributed by atoms with van der Waals surface area (Å²) in [5.74, 6) is -0.199. The van der Waals surface area contributed by atoms with E-state index in [4.69, 9.17) is 21.3 Å². The monoisotopic (exact) mass is 426 g/mol. The number of hydrogen-bond acceptors (Lipinski definition) is 6. The number of guanidine groups is 1. The van der Waals surface area contributed by atoms with Crippen molar-refractivity contribution in [1.29, 1.82) is 0 Å². The Kier molecular flexibility index (Phi) is 5.65. The Bertz CT molecular complexity index is 1030. The number of carbonyl (C=O) groups excluding carboxylic acids is 1. The van der Waals surface area contributed by atoms with E-state index >= 15 is 0 Å². The number of Topliss-reactive ketones (excluding diaryl/α,β-unsaturated/α-hetero) is 1. The van der Waals surface area contributed by atoms with Crippen molar-refractivity contribution >= 4 is 29.0 Å². The number of ketones is 1. The number of aromatic nitrogens is 1. The molecular weight excluding hydrogens is 407 g/mol. The number of ether oxygens (including phenoxy) is 1. The lowest BCUT2D eigenvalue weighted by Crippen LogP contribution is -2.53. The zero-order chi connectivity index (χ0) is 21.3. The van der Waals surface area contributed by atoms with Crippen molar-refractivity contribution in [2.75, 3.05) is 26.7 Å². The summed E-state index contributed by atoms with van der Waals surface area (Å²) in [7, 11) is 1.87. The number of morpholine rings is 1. The lowest BCUT2D eigenvalue weighted by Gasteiger charge is -2.39. The molecule has 1 aromatic heterocycles. The predicted octanol–water partition coefficient (Wildman–Crippen LogP) is 3.61. The third-order valence-electron chi connectivity index (χ3n) is 5.02. The molecule has 2 aromatic rings. The van der Waals surface area contributed by atoms with Gasteiger partial charge in [-0.3, -0.25) is 9.78 Å². The second-order valence-corrected chi connectivity index (χ2v) is 7.49. The van der Waals surface area contributed by atoms with Gasteiger partial charge in [-0.15, -0.1) is 0 Å². The summed E-state index contributed by atoms with van der Waals surface area (Å²) in [4.78, 5) is 25.6. The highest BCUT2D eigenvalue weighted by Crippen LogP contribution is 2.26. The van der Waals surface area contributed by atoms with Crippen LogP contribution in [0, 0.1) is 5.82 Å². The van der Waals surface area contributed by atoms with E-state index < -0.39 is 11.9 Å². The molecule has 3 heterocycles. The van der Waals surface area contributed by atoms with Gasteiger partial charge in [-0.25, -0.2) is 9.38 Å². The number of likely N-dealkylation sites (N-methyl/N-ethyl adjacent to an activating group) is 1. The number of benzene rings is 1. The van der Waals surface area contributed by atoms with Crippen LogP contribution in [0.3, 0.4) is 0 Å². The topological polar surface area (TPSA) is 58.0 Å². The maximum Gasteiger partial charge on any atom is 0.206 e. The first-order chi connectivity index (χ1) is 14.4. The SMILES string of the molecule is C=C1C=C(c2ccncc2)N=C(N2CCOC(C(=O)c3cc(F)cc(Cl)c3)C2)N1C. The number of carbonyl (C=O) groups is 1. The molecule has 1 atom stereocenters. The second kappa shape index (κ2) is 8.38. The minimum Gasteiger partial charge on any atom is -0.366 e. The summed E-state index contributed by atoms with van der Waals surface area (Å²) in [6, 6.07) is 7.55. The highest BCUT2D eigenvalue weighted by atomic mass is 35.5. The molecule has 1 aromatic carbocycles. The van der Waals surface area contributed by atoms with Gasteiger partial charge in [0.25, 0.3) is 0 Å². The van der Waals surface area contributed by atoms with Crippen LogP contribution < -0.4 is 0 Å². The van der Waals surface area contributed by atoms with Crippen LogP contribution in [-0.4, -0.2) is 59.4 Å². The van der Waals surface area contributed by atoms with Gasteiger partial charge >= 0.3 is 0 Å². The van der Waals surface area contributed by atoms with Crippen LogP contribution in [0.25, 0.3) is 5.70 Å². The van der Waals surface area contributed by atoms with Crippen LogP contribution in [-0.2, 0) is 4.74 Å². The highest BCUT2D eigenvalue weighted by Gasteiger charge is 2.32. The third kappa shape index (κ3) is 4.13. The zero-order valence-electron chi connectivity index (χ0n) is 16.4. The van der Waals surface area contributed by atoms with Crippen molar-refractivity contribution in [1.82, 2.24) is 14.8 Å². The van der Waals surface area contributed by atoms with Crippen LogP contribution in [0.4, 0.5) is 4.39 Å². The van der Waals surface area contributed by atoms with Crippen molar-refractivity contribution < 1.29 is 13.9 Å². The van der Waals surface area contributed by atoms with Gasteiger partial charge in [0.15, 0.2) is 5.78 Å². The Labute approximate surface area is 178 Å². The molecule has 0 bridgehead atoms. The van der Waals surface area contributed by atoms with Crippen molar-refractivity contribution in [3.05, 3.63) is 83.0 Å². The van der Waals surface area contributed by atoms with Gasteiger partial charge in [0.2, 0.25) is 5.96 Å². The van der Waals surface area contributed by atoms with Crippen LogP contribution in [0.2, 0.25) is 5.02 Å². The molecule has 30 heavy (non-hydrogen) atoms. The molecule has 0 aliphatic carbocycles. The van der Waals surface area contributed by atoms with Crippen LogP contribution >= 0.6 is 11.6 Å². The summed E-state index contributed by atoms with van der Waals surface area (Å²) in [5, 5.41) is 0.172. The fourth-order valence-corrected chi connectivity index (χ4v) is 3.64. The molecule has 2 aliphatic rings. The maximum absolute atomic E-state index is 13.7. The Morgan fingerprint density at radius 1 is 1.30 bits per heavy atom. The fraction of sp³-hybridized carbons (Fsp3) is 0.227. The molecule has 1 fully saturated rings. The number of allylic oxidation sites excluding steroid dienone is 1. The predicted molar refractivity (Wildman–Crippen MR) is 114 cm³/mol. The first kappa shape index (κ1) is 20.3. The van der Waals surface area contributed by atoms with Gasteiger partial charge in [0, 0.05) is 47.8 Å². The van der Waals surface area contributed by atoms with E-state index in [0.29, 0.717) is 19.1 Å². The molecule has 6 nitrogen and oxygen atoms in total. The first-order valence-electron chi connectivity index (χ1n) is 9.42. The normalized spacial score (nSPS) is 19.4. The molecule has 0 amide bonds. The number of pyridine rings is 1. The number of hydrogen-bond donors (Lipinski definition) is 0. The van der Waals surface area contributed by atoms with Crippen LogP contribution in [0.15, 0.2) is 66.1 Å². The third-order valence-corrected chi connectivity index (χ3v) is 5.24. The summed E-state index contributed by atoms with van der Waals surface area (Å²) in [6.45, 7) is 5.30. The minimum atomic E-state index is -0.753. The first-order valence-corrected chi connectivity index (χ1v) is 9.80. The van der Waals surface area contributed by atoms with E-state index in [9.17, 15) is 9.18 Å². The van der Waals surface area contributed by atoms with Crippen molar-refractivity contribution in [3.63, 3.8) is 0 Å². The lowest BCUT2D eigenvalue weighted by atomic mass is 10.0. The molecule has 154 valence electrons. The van der Waals surface area contributed by atoms with E-state index in [1.54, 1.807) is 12.4 Å². The standard InChI is InChI=1S/C22H20ClFN4O2/c1-14-9-19(15-3-5-25-6-4-15)26-22(27(14)2)28-7-8-30-20(13-28)21(29)16-10-17(23)12-18(24)11-16/h3-6,9-12,20H,1,7-8,13H2,2H3. The summed E-state index contributed by atoms with van der Waals surface area (Å²) in [6.07, 6.45) is 4.56. The largest absolute Gasteiger partial charge is 0.366 e. The van der Waals surface area contributed by atoms with Gasteiger partial charge in [-0.2, -0.15) is 0 Å². The quantitative estimate of drug-likeness (QED) is 0.702. The van der Waals surface area contributed by atoms with Gasteiger partial charge in [-0.05, 0) is 36.4 Å². The highest BCUT2D eigenvalue weighted by molar-refractivity contribution is 6.31. The number of nitrogens with zero attached hydrogens (tertiary/aromatic N) is 4. The summed E-state index contributed by atoms with van der Waals surface area (Å²) in [5.41, 5.74) is 2.65. The average Bonchev–Trinajstić information content (AvgIpc) is 2.75. The van der Waals surface area contributed by atoms with Gasteiger partial charge in [0.05, 0.1) is 18.8 Å². The molecule has 1 unspecified atom stereocenters. The fourth-order valence-electron chi connectivity index (χ4n) is 3.42. The molecule has 4 rings (SSSR count). The van der Waals surface area contributed by atoms with E-state index in [2.05, 4.69) is 11.6 Å². The maximum atomic E-state index is 13.7. The second-order valence-electron chi connectivity index (χ2n) is 7.06. The Morgan fingerprint density at radius 3 is 2.80 bits per heavy atom. The number of aliphatic imine (C=N–C) groups is 1. The Balaban J connectivity index is 1.59. The van der Waals surface area contributed by atoms with Crippen LogP contribution in [0.5, 0.6) is 0 Å². The van der Waals surface area contributed by atoms with Crippen LogP contribution in [0.1, 0.15) is 15.9 Å². The lowest BCUT2D eigenvalue weighted by molar-refractivity contribution is 0.000495. The van der Waals surface area contributed by atoms with Gasteiger partial charge < -0.3 is 14.5 Å². The smallest absolute Gasteiger partial charge is 0.206 e. The minimum absolute atomic E-state index is 0.172.